The molecule has 0 aliphatic heterocycles. The summed E-state index contributed by atoms with van der Waals surface area (Å²) in [6, 6.07) is 4.41. The number of ketones is 1. The van der Waals surface area contributed by atoms with Crippen LogP contribution in [0.4, 0.5) is 4.39 Å². The molecule has 1 nitrogen and oxygen atoms in total. The summed E-state index contributed by atoms with van der Waals surface area (Å²) in [6.45, 7) is 6.09. The largest absolute Gasteiger partial charge is 0.294 e. The zero-order valence-electron chi connectivity index (χ0n) is 11.6. The van der Waals surface area contributed by atoms with Gasteiger partial charge in [0.2, 0.25) is 0 Å². The van der Waals surface area contributed by atoms with Crippen LogP contribution in [0.5, 0.6) is 0 Å². The summed E-state index contributed by atoms with van der Waals surface area (Å²) in [7, 11) is 0. The average molecular weight is 250 g/mol. The lowest BCUT2D eigenvalue weighted by atomic mass is 9.90. The Hall–Kier alpha value is -1.18. The maximum absolute atomic E-state index is 13.0. The molecule has 0 radical (unpaired) electrons. The van der Waals surface area contributed by atoms with E-state index in [4.69, 9.17) is 0 Å². The van der Waals surface area contributed by atoms with E-state index in [2.05, 4.69) is 13.8 Å². The molecule has 0 heterocycles. The van der Waals surface area contributed by atoms with Crippen molar-refractivity contribution in [3.63, 3.8) is 0 Å². The van der Waals surface area contributed by atoms with Gasteiger partial charge in [0.1, 0.15) is 5.82 Å². The van der Waals surface area contributed by atoms with Crippen molar-refractivity contribution in [1.82, 2.24) is 0 Å². The lowest BCUT2D eigenvalue weighted by Gasteiger charge is -2.14. The molecule has 100 valence electrons. The van der Waals surface area contributed by atoms with E-state index in [1.54, 1.807) is 13.0 Å². The number of carbonyl (C=O) groups is 1. The van der Waals surface area contributed by atoms with Crippen molar-refractivity contribution in [1.29, 1.82) is 0 Å². The van der Waals surface area contributed by atoms with Crippen molar-refractivity contribution < 1.29 is 9.18 Å². The number of halogens is 1. The predicted octanol–water partition coefficient (Wildman–Crippen LogP) is 4.92. The zero-order chi connectivity index (χ0) is 13.5. The summed E-state index contributed by atoms with van der Waals surface area (Å²) in [5.41, 5.74) is 1.41. The van der Waals surface area contributed by atoms with Gasteiger partial charge in [-0.1, -0.05) is 39.5 Å². The Bertz CT molecular complexity index is 398. The van der Waals surface area contributed by atoms with Gasteiger partial charge in [0.05, 0.1) is 0 Å². The summed E-state index contributed by atoms with van der Waals surface area (Å²) in [5, 5.41) is 0. The van der Waals surface area contributed by atoms with Crippen LogP contribution in [0.25, 0.3) is 0 Å². The number of carbonyl (C=O) groups excluding carboxylic acids is 1. The smallest absolute Gasteiger partial charge is 0.163 e. The second-order valence-electron chi connectivity index (χ2n) is 5.00. The van der Waals surface area contributed by atoms with E-state index < -0.39 is 0 Å². The summed E-state index contributed by atoms with van der Waals surface area (Å²) < 4.78 is 13.0. The highest BCUT2D eigenvalue weighted by molar-refractivity contribution is 5.97. The standard InChI is InChI=1S/C16H23FO/c1-4-6-7-13(5-2)11-16(18)15-9-8-14(17)10-12(15)3/h8-10,13H,4-7,11H2,1-3H3. The van der Waals surface area contributed by atoms with E-state index in [1.807, 2.05) is 0 Å². The third kappa shape index (κ3) is 4.25. The van der Waals surface area contributed by atoms with Crippen LogP contribution in [0.15, 0.2) is 18.2 Å². The van der Waals surface area contributed by atoms with E-state index in [-0.39, 0.29) is 11.6 Å². The predicted molar refractivity (Wildman–Crippen MR) is 73.4 cm³/mol. The molecule has 0 saturated carbocycles. The monoisotopic (exact) mass is 250 g/mol. The first-order valence-corrected chi connectivity index (χ1v) is 6.87. The van der Waals surface area contributed by atoms with Crippen LogP contribution in [0.3, 0.4) is 0 Å². The number of hydrogen-bond donors (Lipinski definition) is 0. The fourth-order valence-electron chi connectivity index (χ4n) is 2.26. The number of Topliss-reactive ketones (excluding diaryl/α,β-unsaturated/α-hetero) is 1. The van der Waals surface area contributed by atoms with E-state index in [9.17, 15) is 9.18 Å². The van der Waals surface area contributed by atoms with Crippen molar-refractivity contribution in [3.8, 4) is 0 Å². The molecule has 1 unspecified atom stereocenters. The Kier molecular flexibility index (Phi) is 6.03. The molecular weight excluding hydrogens is 227 g/mol. The van der Waals surface area contributed by atoms with Gasteiger partial charge in [-0.25, -0.2) is 4.39 Å². The SMILES string of the molecule is CCCCC(CC)CC(=O)c1ccc(F)cc1C. The zero-order valence-corrected chi connectivity index (χ0v) is 11.6. The van der Waals surface area contributed by atoms with Crippen LogP contribution in [-0.2, 0) is 0 Å². The molecule has 0 aromatic heterocycles. The van der Waals surface area contributed by atoms with Crippen LogP contribution in [0, 0.1) is 18.7 Å². The second-order valence-corrected chi connectivity index (χ2v) is 5.00. The van der Waals surface area contributed by atoms with E-state index in [1.165, 1.54) is 25.0 Å². The molecule has 2 heteroatoms. The first-order valence-electron chi connectivity index (χ1n) is 6.87. The molecule has 1 aromatic carbocycles. The van der Waals surface area contributed by atoms with Crippen molar-refractivity contribution in [2.45, 2.75) is 52.9 Å². The molecule has 1 rings (SSSR count). The summed E-state index contributed by atoms with van der Waals surface area (Å²) in [6.07, 6.45) is 5.07. The Morgan fingerprint density at radius 3 is 2.61 bits per heavy atom. The minimum atomic E-state index is -0.276. The Morgan fingerprint density at radius 1 is 1.33 bits per heavy atom. The molecule has 1 aromatic rings. The van der Waals surface area contributed by atoms with Crippen molar-refractivity contribution in [2.75, 3.05) is 0 Å². The van der Waals surface area contributed by atoms with Crippen LogP contribution in [0.1, 0.15) is 61.9 Å². The Balaban J connectivity index is 2.68. The van der Waals surface area contributed by atoms with Gasteiger partial charge < -0.3 is 0 Å². The summed E-state index contributed by atoms with van der Waals surface area (Å²) in [4.78, 5) is 12.2. The lowest BCUT2D eigenvalue weighted by molar-refractivity contribution is 0.0956. The van der Waals surface area contributed by atoms with Gasteiger partial charge in [-0.2, -0.15) is 0 Å². The van der Waals surface area contributed by atoms with E-state index in [0.717, 1.165) is 18.4 Å². The molecule has 0 aliphatic rings. The minimum Gasteiger partial charge on any atom is -0.294 e. The Labute approximate surface area is 109 Å². The van der Waals surface area contributed by atoms with Crippen LogP contribution >= 0.6 is 0 Å². The molecule has 0 N–H and O–H groups in total. The van der Waals surface area contributed by atoms with Crippen molar-refractivity contribution in [2.24, 2.45) is 5.92 Å². The molecule has 0 spiro atoms. The molecular formula is C16H23FO. The van der Waals surface area contributed by atoms with Crippen LogP contribution in [0.2, 0.25) is 0 Å². The lowest BCUT2D eigenvalue weighted by Crippen LogP contribution is -2.10. The normalized spacial score (nSPS) is 12.4. The van der Waals surface area contributed by atoms with Gasteiger partial charge in [-0.15, -0.1) is 0 Å². The number of hydrogen-bond acceptors (Lipinski definition) is 1. The summed E-state index contributed by atoms with van der Waals surface area (Å²) in [5.74, 6) is 0.333. The van der Waals surface area contributed by atoms with Gasteiger partial charge in [0, 0.05) is 12.0 Å². The topological polar surface area (TPSA) is 17.1 Å². The van der Waals surface area contributed by atoms with Gasteiger partial charge in [0.15, 0.2) is 5.78 Å². The minimum absolute atomic E-state index is 0.149. The fourth-order valence-corrected chi connectivity index (χ4v) is 2.26. The van der Waals surface area contributed by atoms with Gasteiger partial charge in [-0.3, -0.25) is 4.79 Å². The number of rotatable bonds is 7. The molecule has 0 bridgehead atoms. The molecule has 0 saturated heterocycles. The van der Waals surface area contributed by atoms with Crippen LogP contribution < -0.4 is 0 Å². The highest BCUT2D eigenvalue weighted by atomic mass is 19.1. The molecule has 1 atom stereocenters. The van der Waals surface area contributed by atoms with Crippen molar-refractivity contribution in [3.05, 3.63) is 35.1 Å². The maximum atomic E-state index is 13.0. The van der Waals surface area contributed by atoms with Gasteiger partial charge in [0.25, 0.3) is 0 Å². The van der Waals surface area contributed by atoms with Crippen LogP contribution in [-0.4, -0.2) is 5.78 Å². The van der Waals surface area contributed by atoms with Crippen molar-refractivity contribution >= 4 is 5.78 Å². The molecule has 0 aliphatic carbocycles. The highest BCUT2D eigenvalue weighted by Gasteiger charge is 2.15. The van der Waals surface area contributed by atoms with Gasteiger partial charge >= 0.3 is 0 Å². The molecule has 0 fully saturated rings. The molecule has 18 heavy (non-hydrogen) atoms. The first-order chi connectivity index (χ1) is 8.58. The third-order valence-corrected chi connectivity index (χ3v) is 3.51. The second kappa shape index (κ2) is 7.30. The quantitative estimate of drug-likeness (QED) is 0.627. The third-order valence-electron chi connectivity index (χ3n) is 3.51. The average Bonchev–Trinajstić information content (AvgIpc) is 2.34. The Morgan fingerprint density at radius 2 is 2.06 bits per heavy atom. The number of aryl methyl sites for hydroxylation is 1. The van der Waals surface area contributed by atoms with E-state index >= 15 is 0 Å². The van der Waals surface area contributed by atoms with E-state index in [0.29, 0.717) is 17.9 Å². The highest BCUT2D eigenvalue weighted by Crippen LogP contribution is 2.21. The maximum Gasteiger partial charge on any atom is 0.163 e. The fraction of sp³-hybridized carbons (Fsp3) is 0.562. The number of unbranched alkanes of at least 4 members (excludes halogenated alkanes) is 1. The first kappa shape index (κ1) is 14.9. The molecule has 0 amide bonds. The van der Waals surface area contributed by atoms with Gasteiger partial charge in [-0.05, 0) is 36.6 Å². The summed E-state index contributed by atoms with van der Waals surface area (Å²) >= 11 is 0. The number of benzene rings is 1.